The highest BCUT2D eigenvalue weighted by molar-refractivity contribution is 8.00. The van der Waals surface area contributed by atoms with Gasteiger partial charge in [-0.05, 0) is 38.3 Å². The molecular weight excluding hydrogens is 308 g/mol. The van der Waals surface area contributed by atoms with E-state index in [1.807, 2.05) is 43.8 Å². The fourth-order valence-corrected chi connectivity index (χ4v) is 4.99. The van der Waals surface area contributed by atoms with Gasteiger partial charge in [0.05, 0.1) is 12.1 Å². The summed E-state index contributed by atoms with van der Waals surface area (Å²) in [7, 11) is 0. The summed E-state index contributed by atoms with van der Waals surface area (Å²) in [6.07, 6.45) is 3.63. The molecule has 0 saturated carbocycles. The van der Waals surface area contributed by atoms with Crippen molar-refractivity contribution in [3.05, 3.63) is 34.9 Å². The minimum Gasteiger partial charge on any atom is -0.332 e. The summed E-state index contributed by atoms with van der Waals surface area (Å²) < 4.78 is 0. The Labute approximate surface area is 141 Å². The highest BCUT2D eigenvalue weighted by Crippen LogP contribution is 2.33. The van der Waals surface area contributed by atoms with Crippen LogP contribution in [0.4, 0.5) is 4.79 Å². The molecule has 0 bridgehead atoms. The Hall–Kier alpha value is -1.49. The fourth-order valence-electron chi connectivity index (χ4n) is 3.45. The first kappa shape index (κ1) is 16.4. The lowest BCUT2D eigenvalue weighted by Crippen LogP contribution is -2.36. The van der Waals surface area contributed by atoms with Gasteiger partial charge in [0.25, 0.3) is 0 Å². The number of hydrogen-bond acceptors (Lipinski definition) is 3. The van der Waals surface area contributed by atoms with Crippen molar-refractivity contribution in [2.45, 2.75) is 56.9 Å². The van der Waals surface area contributed by atoms with Crippen molar-refractivity contribution in [1.82, 2.24) is 10.6 Å². The van der Waals surface area contributed by atoms with E-state index in [2.05, 4.69) is 10.6 Å². The van der Waals surface area contributed by atoms with Gasteiger partial charge in [0.2, 0.25) is 0 Å². The number of Topliss-reactive ketones (excluding diaryl/α,β-unsaturated/α-hetero) is 1. The van der Waals surface area contributed by atoms with E-state index >= 15 is 0 Å². The van der Waals surface area contributed by atoms with E-state index < -0.39 is 0 Å². The highest BCUT2D eigenvalue weighted by atomic mass is 32.2. The smallest absolute Gasteiger partial charge is 0.315 e. The molecule has 2 fully saturated rings. The first-order valence-corrected chi connectivity index (χ1v) is 9.38. The van der Waals surface area contributed by atoms with Crippen molar-refractivity contribution >= 4 is 23.6 Å². The quantitative estimate of drug-likeness (QED) is 0.478. The van der Waals surface area contributed by atoms with Crippen molar-refractivity contribution < 1.29 is 9.59 Å². The van der Waals surface area contributed by atoms with Crippen LogP contribution >= 0.6 is 11.8 Å². The van der Waals surface area contributed by atoms with Crippen LogP contribution in [0.25, 0.3) is 0 Å². The second kappa shape index (κ2) is 6.95. The second-order valence-corrected chi connectivity index (χ2v) is 7.88. The van der Waals surface area contributed by atoms with Crippen LogP contribution in [0, 0.1) is 13.8 Å². The Kier molecular flexibility index (Phi) is 4.95. The van der Waals surface area contributed by atoms with Crippen molar-refractivity contribution in [1.29, 1.82) is 0 Å². The van der Waals surface area contributed by atoms with Crippen molar-refractivity contribution in [2.24, 2.45) is 0 Å². The summed E-state index contributed by atoms with van der Waals surface area (Å²) >= 11 is 1.93. The van der Waals surface area contributed by atoms with Crippen LogP contribution in [0.1, 0.15) is 47.2 Å². The average Bonchev–Trinajstić information content (AvgIpc) is 3.05. The average molecular weight is 332 g/mol. The van der Waals surface area contributed by atoms with Crippen molar-refractivity contribution in [3.63, 3.8) is 0 Å². The molecule has 2 aliphatic rings. The van der Waals surface area contributed by atoms with Crippen LogP contribution in [0.3, 0.4) is 0 Å². The molecule has 23 heavy (non-hydrogen) atoms. The number of carbonyl (C=O) groups excluding carboxylic acids is 2. The SMILES string of the molecule is Cc1ccc(C)c(C(=O)CCCCC2SCC3NC(=O)NC32)c1. The van der Waals surface area contributed by atoms with Crippen LogP contribution in [-0.2, 0) is 0 Å². The molecule has 3 rings (SSSR count). The number of rotatable bonds is 6. The molecule has 5 heteroatoms. The maximum atomic E-state index is 12.4. The zero-order valence-electron chi connectivity index (χ0n) is 13.7. The Morgan fingerprint density at radius 1 is 1.26 bits per heavy atom. The third kappa shape index (κ3) is 3.71. The van der Waals surface area contributed by atoms with E-state index in [1.54, 1.807) is 0 Å². The van der Waals surface area contributed by atoms with Crippen LogP contribution in [0.15, 0.2) is 18.2 Å². The largest absolute Gasteiger partial charge is 0.332 e. The lowest BCUT2D eigenvalue weighted by molar-refractivity contribution is 0.0978. The molecule has 0 radical (unpaired) electrons. The van der Waals surface area contributed by atoms with E-state index in [0.717, 1.165) is 41.7 Å². The Morgan fingerprint density at radius 2 is 2.09 bits per heavy atom. The van der Waals surface area contributed by atoms with Gasteiger partial charge in [0, 0.05) is 23.0 Å². The summed E-state index contributed by atoms with van der Waals surface area (Å²) in [4.78, 5) is 23.7. The molecular formula is C18H24N2O2S. The number of thioether (sulfide) groups is 1. The number of hydrogen-bond donors (Lipinski definition) is 2. The molecule has 2 heterocycles. The molecule has 2 saturated heterocycles. The van der Waals surface area contributed by atoms with Gasteiger partial charge < -0.3 is 10.6 Å². The molecule has 4 nitrogen and oxygen atoms in total. The number of carbonyl (C=O) groups is 2. The maximum absolute atomic E-state index is 12.4. The van der Waals surface area contributed by atoms with E-state index in [9.17, 15) is 9.59 Å². The monoisotopic (exact) mass is 332 g/mol. The minimum atomic E-state index is -0.0320. The predicted molar refractivity (Wildman–Crippen MR) is 94.2 cm³/mol. The highest BCUT2D eigenvalue weighted by Gasteiger charge is 2.42. The molecule has 0 spiro atoms. The molecule has 2 aliphatic heterocycles. The Bertz CT molecular complexity index is 617. The maximum Gasteiger partial charge on any atom is 0.315 e. The molecule has 3 atom stereocenters. The van der Waals surface area contributed by atoms with Gasteiger partial charge in [-0.3, -0.25) is 4.79 Å². The summed E-state index contributed by atoms with van der Waals surface area (Å²) in [6, 6.07) is 6.58. The van der Waals surface area contributed by atoms with E-state index in [4.69, 9.17) is 0 Å². The van der Waals surface area contributed by atoms with Crippen molar-refractivity contribution in [2.75, 3.05) is 5.75 Å². The van der Waals surface area contributed by atoms with Gasteiger partial charge in [-0.25, -0.2) is 4.79 Å². The van der Waals surface area contributed by atoms with Gasteiger partial charge in [-0.15, -0.1) is 0 Å². The number of nitrogens with one attached hydrogen (secondary N) is 2. The number of ketones is 1. The molecule has 2 amide bonds. The number of unbranched alkanes of at least 4 members (excludes halogenated alkanes) is 1. The Balaban J connectivity index is 1.44. The van der Waals surface area contributed by atoms with E-state index in [1.165, 1.54) is 0 Å². The molecule has 124 valence electrons. The van der Waals surface area contributed by atoms with E-state index in [-0.39, 0.29) is 23.9 Å². The summed E-state index contributed by atoms with van der Waals surface area (Å²) in [5.74, 6) is 1.24. The molecule has 1 aromatic rings. The summed E-state index contributed by atoms with van der Waals surface area (Å²) in [5.41, 5.74) is 3.07. The third-order valence-corrected chi connectivity index (χ3v) is 6.28. The predicted octanol–water partition coefficient (Wildman–Crippen LogP) is 3.21. The van der Waals surface area contributed by atoms with Gasteiger partial charge in [0.1, 0.15) is 0 Å². The molecule has 1 aromatic carbocycles. The number of amides is 2. The minimum absolute atomic E-state index is 0.0320. The van der Waals surface area contributed by atoms with Crippen LogP contribution in [0.2, 0.25) is 0 Å². The van der Waals surface area contributed by atoms with Crippen LogP contribution in [-0.4, -0.2) is 34.9 Å². The zero-order chi connectivity index (χ0) is 16.4. The standard InChI is InChI=1S/C18H24N2O2S/c1-11-7-8-12(2)13(9-11)15(21)5-3-4-6-16-17-14(10-23-16)19-18(22)20-17/h7-9,14,16-17H,3-6,10H2,1-2H3,(H2,19,20,22). The molecule has 0 aliphatic carbocycles. The van der Waals surface area contributed by atoms with Gasteiger partial charge in [0.15, 0.2) is 5.78 Å². The second-order valence-electron chi connectivity index (χ2n) is 6.61. The number of aryl methyl sites for hydroxylation is 2. The lowest BCUT2D eigenvalue weighted by atomic mass is 9.97. The van der Waals surface area contributed by atoms with Crippen LogP contribution in [0.5, 0.6) is 0 Å². The lowest BCUT2D eigenvalue weighted by Gasteiger charge is -2.16. The van der Waals surface area contributed by atoms with E-state index in [0.29, 0.717) is 11.7 Å². The van der Waals surface area contributed by atoms with Crippen molar-refractivity contribution in [3.8, 4) is 0 Å². The molecule has 0 aromatic heterocycles. The summed E-state index contributed by atoms with van der Waals surface area (Å²) in [6.45, 7) is 4.02. The third-order valence-electron chi connectivity index (χ3n) is 4.77. The zero-order valence-corrected chi connectivity index (χ0v) is 14.5. The number of fused-ring (bicyclic) bond motifs is 1. The number of benzene rings is 1. The van der Waals surface area contributed by atoms with Crippen LogP contribution < -0.4 is 10.6 Å². The Morgan fingerprint density at radius 3 is 2.91 bits per heavy atom. The first-order chi connectivity index (χ1) is 11.0. The molecule has 2 N–H and O–H groups in total. The molecule has 3 unspecified atom stereocenters. The first-order valence-electron chi connectivity index (χ1n) is 8.33. The van der Waals surface area contributed by atoms with Gasteiger partial charge in [-0.2, -0.15) is 11.8 Å². The number of urea groups is 1. The summed E-state index contributed by atoms with van der Waals surface area (Å²) in [5, 5.41) is 6.46. The van der Waals surface area contributed by atoms with Gasteiger partial charge >= 0.3 is 6.03 Å². The topological polar surface area (TPSA) is 58.2 Å². The normalized spacial score (nSPS) is 25.8. The fraction of sp³-hybridized carbons (Fsp3) is 0.556. The van der Waals surface area contributed by atoms with Gasteiger partial charge in [-0.1, -0.05) is 24.1 Å².